The first kappa shape index (κ1) is 27.4. The van der Waals surface area contributed by atoms with Gasteiger partial charge in [-0.05, 0) is 49.3 Å². The maximum atomic E-state index is 13.1. The quantitative estimate of drug-likeness (QED) is 0.328. The molecule has 5 rings (SSSR count). The number of aliphatic imine (C=N–C) groups is 1. The SMILES string of the molecule is CN(CC(F)(F)F)C(=O)C(=O)NC12CCC(CC1)CN1C2=NC(C(=O)NCc2ccc(F)cc2)=C(O)C1O. The number of likely N-dealkylation sites (N-methyl/N-ethyl adjacent to an activating group) is 1. The number of benzene rings is 1. The lowest BCUT2D eigenvalue weighted by Gasteiger charge is -2.42. The molecule has 3 fully saturated rings. The number of nitrogens with one attached hydrogen (secondary N) is 2. The van der Waals surface area contributed by atoms with E-state index in [0.717, 1.165) is 7.05 Å². The third kappa shape index (κ3) is 5.59. The number of hydrogen-bond donors (Lipinski definition) is 4. The molecule has 3 heterocycles. The maximum Gasteiger partial charge on any atom is 0.406 e. The number of carbonyl (C=O) groups excluding carboxylic acids is 3. The maximum absolute atomic E-state index is 13.1. The summed E-state index contributed by atoms with van der Waals surface area (Å²) >= 11 is 0. The topological polar surface area (TPSA) is 135 Å². The number of halogens is 4. The fourth-order valence-corrected chi connectivity index (χ4v) is 5.04. The van der Waals surface area contributed by atoms with Crippen molar-refractivity contribution in [1.82, 2.24) is 20.4 Å². The summed E-state index contributed by atoms with van der Waals surface area (Å²) in [6, 6.07) is 5.33. The van der Waals surface area contributed by atoms with Crippen molar-refractivity contribution in [3.8, 4) is 0 Å². The van der Waals surface area contributed by atoms with E-state index in [0.29, 0.717) is 18.4 Å². The molecule has 3 aliphatic heterocycles. The molecule has 1 aromatic carbocycles. The molecule has 1 atom stereocenters. The van der Waals surface area contributed by atoms with E-state index in [1.807, 2.05) is 0 Å². The van der Waals surface area contributed by atoms with Gasteiger partial charge in [-0.15, -0.1) is 0 Å². The van der Waals surface area contributed by atoms with Gasteiger partial charge in [0.2, 0.25) is 0 Å². The molecule has 1 saturated carbocycles. The molecule has 1 aliphatic carbocycles. The summed E-state index contributed by atoms with van der Waals surface area (Å²) < 4.78 is 51.4. The van der Waals surface area contributed by atoms with Crippen LogP contribution in [0, 0.1) is 11.7 Å². The number of alkyl halides is 3. The Morgan fingerprint density at radius 2 is 1.82 bits per heavy atom. The van der Waals surface area contributed by atoms with Gasteiger partial charge < -0.3 is 30.6 Å². The van der Waals surface area contributed by atoms with Crippen molar-refractivity contribution in [3.05, 3.63) is 47.1 Å². The van der Waals surface area contributed by atoms with Gasteiger partial charge in [0.05, 0.1) is 5.54 Å². The molecule has 1 aromatic rings. The van der Waals surface area contributed by atoms with E-state index >= 15 is 0 Å². The lowest BCUT2D eigenvalue weighted by molar-refractivity contribution is -0.162. The molecule has 0 spiro atoms. The van der Waals surface area contributed by atoms with Gasteiger partial charge in [-0.1, -0.05) is 12.1 Å². The van der Waals surface area contributed by atoms with Gasteiger partial charge in [-0.2, -0.15) is 13.2 Å². The van der Waals surface area contributed by atoms with Crippen molar-refractivity contribution >= 4 is 23.6 Å². The molecule has 1 unspecified atom stereocenters. The summed E-state index contributed by atoms with van der Waals surface area (Å²) in [5, 5.41) is 26.6. The number of amides is 3. The summed E-state index contributed by atoms with van der Waals surface area (Å²) in [5.74, 6) is -4.62. The van der Waals surface area contributed by atoms with Crippen molar-refractivity contribution in [2.75, 3.05) is 20.1 Å². The molecule has 0 aromatic heterocycles. The Morgan fingerprint density at radius 3 is 2.42 bits per heavy atom. The zero-order valence-electron chi connectivity index (χ0n) is 20.4. The zero-order valence-corrected chi connectivity index (χ0v) is 20.4. The van der Waals surface area contributed by atoms with Gasteiger partial charge in [0.15, 0.2) is 17.7 Å². The van der Waals surface area contributed by atoms with E-state index in [1.54, 1.807) is 0 Å². The lowest BCUT2D eigenvalue weighted by atomic mass is 9.77. The Morgan fingerprint density at radius 1 is 1.18 bits per heavy atom. The Labute approximate surface area is 215 Å². The third-order valence-corrected chi connectivity index (χ3v) is 7.01. The van der Waals surface area contributed by atoms with Crippen molar-refractivity contribution in [2.45, 2.75) is 50.2 Å². The van der Waals surface area contributed by atoms with Crippen LogP contribution in [0.15, 0.2) is 40.7 Å². The summed E-state index contributed by atoms with van der Waals surface area (Å²) in [5.41, 5.74) is -1.31. The van der Waals surface area contributed by atoms with Crippen molar-refractivity contribution in [3.63, 3.8) is 0 Å². The Bertz CT molecular complexity index is 1180. The smallest absolute Gasteiger partial charge is 0.406 e. The summed E-state index contributed by atoms with van der Waals surface area (Å²) in [6.45, 7) is -1.41. The van der Waals surface area contributed by atoms with Gasteiger partial charge in [0.25, 0.3) is 5.91 Å². The molecule has 10 nitrogen and oxygen atoms in total. The van der Waals surface area contributed by atoms with Crippen LogP contribution < -0.4 is 10.6 Å². The molecule has 14 heteroatoms. The van der Waals surface area contributed by atoms with E-state index in [-0.39, 0.29) is 42.6 Å². The molecule has 0 radical (unpaired) electrons. The monoisotopic (exact) mass is 541 g/mol. The number of amidine groups is 1. The Hall–Kier alpha value is -3.68. The highest BCUT2D eigenvalue weighted by Crippen LogP contribution is 2.41. The van der Waals surface area contributed by atoms with Crippen LogP contribution in [-0.2, 0) is 20.9 Å². The Kier molecular flexibility index (Phi) is 7.37. The summed E-state index contributed by atoms with van der Waals surface area (Å²) in [7, 11) is 0.857. The van der Waals surface area contributed by atoms with Crippen molar-refractivity contribution in [1.29, 1.82) is 0 Å². The number of hydrogen-bond acceptors (Lipinski definition) is 7. The first-order valence-corrected chi connectivity index (χ1v) is 11.9. The molecule has 206 valence electrons. The van der Waals surface area contributed by atoms with Crippen LogP contribution >= 0.6 is 0 Å². The van der Waals surface area contributed by atoms with Crippen LogP contribution in [0.25, 0.3) is 0 Å². The van der Waals surface area contributed by atoms with E-state index in [4.69, 9.17) is 0 Å². The second-order valence-electron chi connectivity index (χ2n) is 9.76. The minimum atomic E-state index is -4.70. The molecule has 4 N–H and O–H groups in total. The number of carbonyl (C=O) groups is 3. The first-order chi connectivity index (χ1) is 17.8. The van der Waals surface area contributed by atoms with Gasteiger partial charge in [0, 0.05) is 20.1 Å². The van der Waals surface area contributed by atoms with Crippen LogP contribution in [-0.4, -0.2) is 81.7 Å². The molecule has 2 saturated heterocycles. The fourth-order valence-electron chi connectivity index (χ4n) is 5.04. The van der Waals surface area contributed by atoms with Crippen LogP contribution in [0.2, 0.25) is 0 Å². The van der Waals surface area contributed by atoms with Crippen LogP contribution in [0.5, 0.6) is 0 Å². The van der Waals surface area contributed by atoms with Gasteiger partial charge in [0.1, 0.15) is 18.2 Å². The predicted molar refractivity (Wildman–Crippen MR) is 125 cm³/mol. The molecule has 4 aliphatic rings. The average Bonchev–Trinajstić information content (AvgIpc) is 3.10. The molecule has 38 heavy (non-hydrogen) atoms. The van der Waals surface area contributed by atoms with Crippen LogP contribution in [0.3, 0.4) is 0 Å². The average molecular weight is 542 g/mol. The second kappa shape index (κ2) is 10.2. The Balaban J connectivity index is 1.60. The first-order valence-electron chi connectivity index (χ1n) is 11.9. The number of aliphatic hydroxyl groups excluding tert-OH is 2. The molecule has 2 bridgehead atoms. The summed E-state index contributed by atoms with van der Waals surface area (Å²) in [4.78, 5) is 44.0. The highest BCUT2D eigenvalue weighted by Gasteiger charge is 2.52. The minimum absolute atomic E-state index is 0.0364. The van der Waals surface area contributed by atoms with E-state index in [2.05, 4.69) is 15.6 Å². The van der Waals surface area contributed by atoms with Gasteiger partial charge >= 0.3 is 18.0 Å². The van der Waals surface area contributed by atoms with Crippen molar-refractivity contribution < 1.29 is 42.2 Å². The lowest BCUT2D eigenvalue weighted by Crippen LogP contribution is -2.63. The minimum Gasteiger partial charge on any atom is -0.506 e. The van der Waals surface area contributed by atoms with Gasteiger partial charge in [-0.25, -0.2) is 9.38 Å². The highest BCUT2D eigenvalue weighted by atomic mass is 19.4. The zero-order chi connectivity index (χ0) is 27.8. The molecular formula is C24H27F4N5O5. The largest absolute Gasteiger partial charge is 0.506 e. The molecular weight excluding hydrogens is 514 g/mol. The van der Waals surface area contributed by atoms with E-state index < -0.39 is 59.5 Å². The summed E-state index contributed by atoms with van der Waals surface area (Å²) in [6.07, 6.45) is -4.77. The predicted octanol–water partition coefficient (Wildman–Crippen LogP) is 1.32. The van der Waals surface area contributed by atoms with Gasteiger partial charge in [-0.3, -0.25) is 14.4 Å². The molecule has 3 amide bonds. The standard InChI is InChI=1S/C24H27F4N5O5/c1-32(12-24(26,27)28)21(38)19(36)31-23-8-6-14(7-9-23)11-33-20(37)17(34)16(30-22(23)33)18(35)29-10-13-2-4-15(25)5-3-13/h2-5,14,20,34,37H,6-12H2,1H3,(H,29,35)(H,31,36). The highest BCUT2D eigenvalue weighted by molar-refractivity contribution is 6.35. The fraction of sp³-hybridized carbons (Fsp3) is 0.500. The van der Waals surface area contributed by atoms with Crippen LogP contribution in [0.4, 0.5) is 17.6 Å². The number of aliphatic hydroxyl groups is 2. The van der Waals surface area contributed by atoms with Crippen LogP contribution in [0.1, 0.15) is 31.2 Å². The van der Waals surface area contributed by atoms with Crippen molar-refractivity contribution in [2.24, 2.45) is 10.9 Å². The normalized spacial score (nSPS) is 24.8. The van der Waals surface area contributed by atoms with E-state index in [1.165, 1.54) is 29.2 Å². The number of fused-ring (bicyclic) bond motifs is 2. The third-order valence-electron chi connectivity index (χ3n) is 7.01. The number of nitrogens with zero attached hydrogens (tertiary/aromatic N) is 3. The number of rotatable bonds is 5. The van der Waals surface area contributed by atoms with E-state index in [9.17, 15) is 42.2 Å². The second-order valence-corrected chi connectivity index (χ2v) is 9.76.